The largest absolute Gasteiger partial charge is 0.497 e. The Labute approximate surface area is 238 Å². The third kappa shape index (κ3) is 4.58. The van der Waals surface area contributed by atoms with Gasteiger partial charge in [0.1, 0.15) is 12.8 Å². The second kappa shape index (κ2) is 10.1. The van der Waals surface area contributed by atoms with E-state index in [-0.39, 0.29) is 17.4 Å². The summed E-state index contributed by atoms with van der Waals surface area (Å²) >= 11 is 7.04. The van der Waals surface area contributed by atoms with Crippen LogP contribution in [0.15, 0.2) is 82.6 Å². The minimum absolute atomic E-state index is 0.0548. The van der Waals surface area contributed by atoms with Gasteiger partial charge in [0.25, 0.3) is 0 Å². The maximum atomic E-state index is 9.65. The van der Waals surface area contributed by atoms with Crippen LogP contribution in [0.5, 0.6) is 5.75 Å². The predicted octanol–water partition coefficient (Wildman–Crippen LogP) is 7.66. The van der Waals surface area contributed by atoms with E-state index in [0.717, 1.165) is 35.6 Å². The number of benzene rings is 2. The van der Waals surface area contributed by atoms with Crippen molar-refractivity contribution >= 4 is 28.7 Å². The van der Waals surface area contributed by atoms with Crippen molar-refractivity contribution in [1.29, 1.82) is 0 Å². The van der Waals surface area contributed by atoms with Gasteiger partial charge in [0, 0.05) is 46.6 Å². The highest BCUT2D eigenvalue weighted by molar-refractivity contribution is 6.32. The van der Waals surface area contributed by atoms with Crippen LogP contribution in [0.3, 0.4) is 0 Å². The van der Waals surface area contributed by atoms with Crippen molar-refractivity contribution < 1.29 is 14.4 Å². The fourth-order valence-corrected chi connectivity index (χ4v) is 6.81. The minimum atomic E-state index is -0.160. The molecule has 0 bridgehead atoms. The number of hydrogen-bond donors (Lipinski definition) is 1. The predicted molar refractivity (Wildman–Crippen MR) is 163 cm³/mol. The Morgan fingerprint density at radius 3 is 2.49 bits per heavy atom. The molecule has 0 atom stereocenters. The number of nitrogens with zero attached hydrogens (tertiary/aromatic N) is 2. The first-order chi connectivity index (χ1) is 18.5. The van der Waals surface area contributed by atoms with Crippen LogP contribution in [0.2, 0.25) is 0 Å². The molecule has 1 N–H and O–H groups in total. The van der Waals surface area contributed by atoms with E-state index in [1.165, 1.54) is 45.1 Å². The zero-order chi connectivity index (χ0) is 28.1. The molecular weight excluding hydrogens is 504 g/mol. The van der Waals surface area contributed by atoms with Gasteiger partial charge in [-0.1, -0.05) is 43.7 Å². The molecule has 0 unspecified atom stereocenters. The van der Waals surface area contributed by atoms with Gasteiger partial charge in [-0.2, -0.15) is 4.58 Å². The molecule has 2 aromatic carbocycles. The summed E-state index contributed by atoms with van der Waals surface area (Å²) in [7, 11) is 5.97. The first-order valence-corrected chi connectivity index (χ1v) is 14.1. The van der Waals surface area contributed by atoms with Crippen LogP contribution in [0.4, 0.5) is 11.4 Å². The van der Waals surface area contributed by atoms with E-state index >= 15 is 0 Å². The molecule has 39 heavy (non-hydrogen) atoms. The number of aliphatic hydroxyl groups excluding tert-OH is 1. The standard InChI is InChI=1S/C34H40ClN2O2/c1-33(2)26-19-22(21-38)11-15-28(26)36(5)30(33)17-12-23-9-8-10-24(32(23)35)13-18-31-34(3,4)27-20-25(39-7)14-16-29(27)37(31)6/h11-20,38H,8-10,21H2,1-7H3/q+1. The molecule has 0 radical (unpaired) electrons. The van der Waals surface area contributed by atoms with Crippen LogP contribution in [0.1, 0.15) is 63.6 Å². The third-order valence-electron chi connectivity index (χ3n) is 8.86. The zero-order valence-electron chi connectivity index (χ0n) is 24.2. The molecule has 0 spiro atoms. The van der Waals surface area contributed by atoms with E-state index < -0.39 is 0 Å². The summed E-state index contributed by atoms with van der Waals surface area (Å²) in [6.07, 6.45) is 11.9. The number of halogens is 1. The normalized spacial score (nSPS) is 21.9. The SMILES string of the molecule is COc1ccc2c(c1)C(C)(C)/C(=C\C=C1/CCCC(/C=C/C3=[N+](C)c4ccc(CO)cc4C3(C)C)=C1Cl)N2C. The topological polar surface area (TPSA) is 35.7 Å². The van der Waals surface area contributed by atoms with Crippen LogP contribution >= 0.6 is 11.6 Å². The van der Waals surface area contributed by atoms with E-state index in [4.69, 9.17) is 16.3 Å². The zero-order valence-corrected chi connectivity index (χ0v) is 25.0. The summed E-state index contributed by atoms with van der Waals surface area (Å²) in [5.41, 5.74) is 10.4. The van der Waals surface area contributed by atoms with E-state index in [2.05, 4.69) is 99.8 Å². The molecule has 1 aliphatic carbocycles. The van der Waals surface area contributed by atoms with Gasteiger partial charge < -0.3 is 14.7 Å². The summed E-state index contributed by atoms with van der Waals surface area (Å²) < 4.78 is 7.76. The molecule has 3 aliphatic rings. The Hall–Kier alpha value is -3.08. The molecule has 4 nitrogen and oxygen atoms in total. The summed E-state index contributed by atoms with van der Waals surface area (Å²) in [5, 5.41) is 10.5. The van der Waals surface area contributed by atoms with Gasteiger partial charge in [-0.15, -0.1) is 0 Å². The summed E-state index contributed by atoms with van der Waals surface area (Å²) in [4.78, 5) is 2.28. The Balaban J connectivity index is 1.45. The summed E-state index contributed by atoms with van der Waals surface area (Å²) in [6.45, 7) is 9.09. The monoisotopic (exact) mass is 543 g/mol. The summed E-state index contributed by atoms with van der Waals surface area (Å²) in [5.74, 6) is 0.885. The van der Waals surface area contributed by atoms with Crippen LogP contribution in [0.25, 0.3) is 0 Å². The van der Waals surface area contributed by atoms with E-state index in [9.17, 15) is 5.11 Å². The van der Waals surface area contributed by atoms with Gasteiger partial charge in [0.05, 0.1) is 19.1 Å². The van der Waals surface area contributed by atoms with Gasteiger partial charge in [0.2, 0.25) is 5.69 Å². The van der Waals surface area contributed by atoms with Crippen molar-refractivity contribution in [2.24, 2.45) is 0 Å². The van der Waals surface area contributed by atoms with Crippen molar-refractivity contribution in [2.45, 2.75) is 64.4 Å². The molecule has 0 aromatic heterocycles. The fourth-order valence-electron chi connectivity index (χ4n) is 6.49. The molecule has 0 saturated heterocycles. The van der Waals surface area contributed by atoms with Crippen molar-refractivity contribution in [3.8, 4) is 5.75 Å². The van der Waals surface area contributed by atoms with Crippen LogP contribution in [-0.2, 0) is 17.4 Å². The van der Waals surface area contributed by atoms with Crippen molar-refractivity contribution in [3.63, 3.8) is 0 Å². The number of ether oxygens (including phenoxy) is 1. The Morgan fingerprint density at radius 1 is 1.00 bits per heavy atom. The summed E-state index contributed by atoms with van der Waals surface area (Å²) in [6, 6.07) is 12.6. The molecule has 0 fully saturated rings. The first kappa shape index (κ1) is 27.5. The molecule has 0 saturated carbocycles. The van der Waals surface area contributed by atoms with Gasteiger partial charge in [-0.25, -0.2) is 0 Å². The van der Waals surface area contributed by atoms with Gasteiger partial charge >= 0.3 is 0 Å². The molecule has 0 amide bonds. The number of rotatable bonds is 5. The number of allylic oxidation sites excluding steroid dienone is 8. The lowest BCUT2D eigenvalue weighted by Crippen LogP contribution is -2.26. The average molecular weight is 544 g/mol. The third-order valence-corrected chi connectivity index (χ3v) is 9.35. The average Bonchev–Trinajstić information content (AvgIpc) is 3.23. The lowest BCUT2D eigenvalue weighted by Gasteiger charge is -2.24. The molecule has 5 heteroatoms. The second-order valence-electron chi connectivity index (χ2n) is 11.9. The number of methoxy groups -OCH3 is 1. The van der Waals surface area contributed by atoms with Crippen LogP contribution in [-0.4, -0.2) is 36.6 Å². The highest BCUT2D eigenvalue weighted by Gasteiger charge is 2.43. The lowest BCUT2D eigenvalue weighted by atomic mass is 9.80. The van der Waals surface area contributed by atoms with Crippen molar-refractivity contribution in [2.75, 3.05) is 26.1 Å². The lowest BCUT2D eigenvalue weighted by molar-refractivity contribution is -0.401. The molecule has 2 aliphatic heterocycles. The Kier molecular flexibility index (Phi) is 7.15. The van der Waals surface area contributed by atoms with E-state index in [1.807, 2.05) is 12.1 Å². The number of aliphatic hydroxyl groups is 1. The number of fused-ring (bicyclic) bond motifs is 2. The highest BCUT2D eigenvalue weighted by atomic mass is 35.5. The van der Waals surface area contributed by atoms with Gasteiger partial charge in [0.15, 0.2) is 5.71 Å². The molecule has 2 heterocycles. The van der Waals surface area contributed by atoms with Crippen molar-refractivity contribution in [3.05, 3.63) is 99.3 Å². The Bertz CT molecular complexity index is 1490. The minimum Gasteiger partial charge on any atom is -0.497 e. The Morgan fingerprint density at radius 2 is 1.77 bits per heavy atom. The van der Waals surface area contributed by atoms with Gasteiger partial charge in [-0.3, -0.25) is 0 Å². The number of anilines is 1. The quantitative estimate of drug-likeness (QED) is 0.393. The van der Waals surface area contributed by atoms with Crippen LogP contribution < -0.4 is 9.64 Å². The smallest absolute Gasteiger partial charge is 0.209 e. The molecular formula is C34H40ClN2O2+. The fraction of sp³-hybridized carbons (Fsp3) is 0.382. The van der Waals surface area contributed by atoms with E-state index in [0.29, 0.717) is 0 Å². The molecule has 2 aromatic rings. The maximum absolute atomic E-state index is 9.65. The molecule has 204 valence electrons. The van der Waals surface area contributed by atoms with Gasteiger partial charge in [-0.05, 0) is 85.7 Å². The molecule has 5 rings (SSSR count). The van der Waals surface area contributed by atoms with Crippen molar-refractivity contribution in [1.82, 2.24) is 0 Å². The second-order valence-corrected chi connectivity index (χ2v) is 12.3. The van der Waals surface area contributed by atoms with E-state index in [1.54, 1.807) is 7.11 Å². The number of hydrogen-bond acceptors (Lipinski definition) is 3. The maximum Gasteiger partial charge on any atom is 0.209 e. The number of likely N-dealkylation sites (N-methyl/N-ethyl adjacent to an activating group) is 1. The van der Waals surface area contributed by atoms with Crippen LogP contribution in [0, 0.1) is 0 Å². The highest BCUT2D eigenvalue weighted by Crippen LogP contribution is 2.48. The first-order valence-electron chi connectivity index (χ1n) is 13.8.